The molecule has 0 aliphatic heterocycles. The first-order chi connectivity index (χ1) is 8.96. The molecule has 0 radical (unpaired) electrons. The Morgan fingerprint density at radius 2 is 1.84 bits per heavy atom. The smallest absolute Gasteiger partial charge is 0.327 e. The molecule has 0 saturated carbocycles. The standard InChI is InChI=1S/C15H23NO3/c1-9(2)11-8-12(10(3)7-13(11)18-5)14(16-4)15(17)19-6/h7-9,14,16H,1-6H3. The van der Waals surface area contributed by atoms with Gasteiger partial charge in [0.25, 0.3) is 0 Å². The number of likely N-dealkylation sites (N-methyl/N-ethyl adjacent to an activating group) is 1. The van der Waals surface area contributed by atoms with Gasteiger partial charge in [-0.3, -0.25) is 0 Å². The van der Waals surface area contributed by atoms with E-state index in [1.54, 1.807) is 14.2 Å². The Hall–Kier alpha value is -1.55. The number of carbonyl (C=O) groups is 1. The molecule has 19 heavy (non-hydrogen) atoms. The predicted molar refractivity (Wildman–Crippen MR) is 75.6 cm³/mol. The van der Waals surface area contributed by atoms with Crippen LogP contribution in [-0.4, -0.2) is 27.2 Å². The molecule has 0 spiro atoms. The van der Waals surface area contributed by atoms with Crippen LogP contribution in [-0.2, 0) is 9.53 Å². The molecule has 1 rings (SSSR count). The van der Waals surface area contributed by atoms with Crippen LogP contribution in [0.25, 0.3) is 0 Å². The summed E-state index contributed by atoms with van der Waals surface area (Å²) < 4.78 is 10.2. The number of hydrogen-bond acceptors (Lipinski definition) is 4. The number of methoxy groups -OCH3 is 2. The third kappa shape index (κ3) is 3.26. The number of ether oxygens (including phenoxy) is 2. The first-order valence-corrected chi connectivity index (χ1v) is 6.39. The largest absolute Gasteiger partial charge is 0.496 e. The Morgan fingerprint density at radius 1 is 1.21 bits per heavy atom. The lowest BCUT2D eigenvalue weighted by atomic mass is 9.93. The molecule has 0 heterocycles. The Balaban J connectivity index is 3.34. The van der Waals surface area contributed by atoms with Crippen molar-refractivity contribution in [2.45, 2.75) is 32.7 Å². The minimum absolute atomic E-state index is 0.287. The van der Waals surface area contributed by atoms with Gasteiger partial charge >= 0.3 is 5.97 Å². The van der Waals surface area contributed by atoms with Gasteiger partial charge in [-0.1, -0.05) is 13.8 Å². The van der Waals surface area contributed by atoms with Gasteiger partial charge in [-0.2, -0.15) is 0 Å². The van der Waals surface area contributed by atoms with Crippen LogP contribution in [0, 0.1) is 6.92 Å². The van der Waals surface area contributed by atoms with Gasteiger partial charge in [0, 0.05) is 0 Å². The predicted octanol–water partition coefficient (Wildman–Crippen LogP) is 2.56. The van der Waals surface area contributed by atoms with E-state index in [-0.39, 0.29) is 5.97 Å². The first-order valence-electron chi connectivity index (χ1n) is 6.39. The highest BCUT2D eigenvalue weighted by Gasteiger charge is 2.23. The summed E-state index contributed by atoms with van der Waals surface area (Å²) in [5.74, 6) is 0.894. The SMILES string of the molecule is CNC(C(=O)OC)c1cc(C(C)C)c(OC)cc1C. The molecule has 4 nitrogen and oxygen atoms in total. The number of rotatable bonds is 5. The van der Waals surface area contributed by atoms with Gasteiger partial charge in [0.1, 0.15) is 11.8 Å². The summed E-state index contributed by atoms with van der Waals surface area (Å²) in [6.07, 6.45) is 0. The van der Waals surface area contributed by atoms with E-state index < -0.39 is 6.04 Å². The number of esters is 1. The number of carbonyl (C=O) groups excluding carboxylic acids is 1. The van der Waals surface area contributed by atoms with Gasteiger partial charge in [0.2, 0.25) is 0 Å². The lowest BCUT2D eigenvalue weighted by Gasteiger charge is -2.20. The van der Waals surface area contributed by atoms with Crippen LogP contribution in [0.4, 0.5) is 0 Å². The van der Waals surface area contributed by atoms with E-state index in [9.17, 15) is 4.79 Å². The van der Waals surface area contributed by atoms with Crippen LogP contribution in [0.1, 0.15) is 42.5 Å². The fraction of sp³-hybridized carbons (Fsp3) is 0.533. The molecule has 1 atom stereocenters. The van der Waals surface area contributed by atoms with Crippen molar-refractivity contribution in [2.75, 3.05) is 21.3 Å². The molecule has 0 saturated heterocycles. The van der Waals surface area contributed by atoms with Gasteiger partial charge in [-0.05, 0) is 48.7 Å². The van der Waals surface area contributed by atoms with Crippen molar-refractivity contribution in [3.63, 3.8) is 0 Å². The lowest BCUT2D eigenvalue weighted by molar-refractivity contribution is -0.143. The topological polar surface area (TPSA) is 47.6 Å². The monoisotopic (exact) mass is 265 g/mol. The van der Waals surface area contributed by atoms with E-state index in [1.807, 2.05) is 19.1 Å². The van der Waals surface area contributed by atoms with Crippen molar-refractivity contribution in [1.82, 2.24) is 5.32 Å². The fourth-order valence-electron chi connectivity index (χ4n) is 2.17. The van der Waals surface area contributed by atoms with Gasteiger partial charge in [-0.15, -0.1) is 0 Å². The van der Waals surface area contributed by atoms with Gasteiger partial charge in [0.05, 0.1) is 14.2 Å². The van der Waals surface area contributed by atoms with E-state index in [2.05, 4.69) is 19.2 Å². The second-order valence-corrected chi connectivity index (χ2v) is 4.85. The maximum absolute atomic E-state index is 11.8. The van der Waals surface area contributed by atoms with Crippen LogP contribution in [0.3, 0.4) is 0 Å². The fourth-order valence-corrected chi connectivity index (χ4v) is 2.17. The summed E-state index contributed by atoms with van der Waals surface area (Å²) in [4.78, 5) is 11.8. The molecule has 0 amide bonds. The van der Waals surface area contributed by atoms with Crippen molar-refractivity contribution in [3.8, 4) is 5.75 Å². The van der Waals surface area contributed by atoms with E-state index in [0.29, 0.717) is 5.92 Å². The molecule has 0 bridgehead atoms. The lowest BCUT2D eigenvalue weighted by Crippen LogP contribution is -2.27. The third-order valence-corrected chi connectivity index (χ3v) is 3.28. The van der Waals surface area contributed by atoms with Crippen LogP contribution >= 0.6 is 0 Å². The van der Waals surface area contributed by atoms with E-state index >= 15 is 0 Å². The molecular weight excluding hydrogens is 242 g/mol. The molecule has 1 aromatic carbocycles. The van der Waals surface area contributed by atoms with Crippen molar-refractivity contribution >= 4 is 5.97 Å². The highest BCUT2D eigenvalue weighted by atomic mass is 16.5. The van der Waals surface area contributed by atoms with Gasteiger partial charge in [-0.25, -0.2) is 4.79 Å². The summed E-state index contributed by atoms with van der Waals surface area (Å²) in [5, 5.41) is 3.00. The summed E-state index contributed by atoms with van der Waals surface area (Å²) in [6.45, 7) is 6.17. The molecule has 0 fully saturated rings. The minimum atomic E-state index is -0.451. The maximum Gasteiger partial charge on any atom is 0.327 e. The van der Waals surface area contributed by atoms with E-state index in [4.69, 9.17) is 9.47 Å². The molecule has 106 valence electrons. The molecule has 0 aliphatic rings. The molecular formula is C15H23NO3. The summed E-state index contributed by atoms with van der Waals surface area (Å²) >= 11 is 0. The normalized spacial score (nSPS) is 12.4. The Morgan fingerprint density at radius 3 is 2.26 bits per heavy atom. The van der Waals surface area contributed by atoms with E-state index in [0.717, 1.165) is 22.4 Å². The summed E-state index contributed by atoms with van der Waals surface area (Å²) in [6, 6.07) is 3.54. The van der Waals surface area contributed by atoms with Crippen LogP contribution < -0.4 is 10.1 Å². The number of hydrogen-bond donors (Lipinski definition) is 1. The zero-order chi connectivity index (χ0) is 14.6. The van der Waals surface area contributed by atoms with Crippen LogP contribution in [0.15, 0.2) is 12.1 Å². The van der Waals surface area contributed by atoms with Crippen molar-refractivity contribution in [3.05, 3.63) is 28.8 Å². The first kappa shape index (κ1) is 15.5. The zero-order valence-electron chi connectivity index (χ0n) is 12.5. The Kier molecular flexibility index (Phi) is 5.36. The quantitative estimate of drug-likeness (QED) is 0.831. The number of nitrogens with one attached hydrogen (secondary N) is 1. The van der Waals surface area contributed by atoms with Crippen molar-refractivity contribution < 1.29 is 14.3 Å². The Labute approximate surface area is 115 Å². The summed E-state index contributed by atoms with van der Waals surface area (Å²) in [7, 11) is 4.81. The van der Waals surface area contributed by atoms with Crippen LogP contribution in [0.2, 0.25) is 0 Å². The molecule has 1 N–H and O–H groups in total. The average Bonchev–Trinajstić information content (AvgIpc) is 2.40. The zero-order valence-corrected chi connectivity index (χ0v) is 12.5. The highest BCUT2D eigenvalue weighted by Crippen LogP contribution is 2.32. The molecule has 0 aromatic heterocycles. The van der Waals surface area contributed by atoms with Crippen molar-refractivity contribution in [2.24, 2.45) is 0 Å². The maximum atomic E-state index is 11.8. The van der Waals surface area contributed by atoms with E-state index in [1.165, 1.54) is 7.11 Å². The summed E-state index contributed by atoms with van der Waals surface area (Å²) in [5.41, 5.74) is 3.03. The average molecular weight is 265 g/mol. The molecule has 1 unspecified atom stereocenters. The highest BCUT2D eigenvalue weighted by molar-refractivity contribution is 5.78. The molecule has 1 aromatic rings. The van der Waals surface area contributed by atoms with Crippen LogP contribution in [0.5, 0.6) is 5.75 Å². The molecule has 0 aliphatic carbocycles. The second kappa shape index (κ2) is 6.57. The van der Waals surface area contributed by atoms with Crippen molar-refractivity contribution in [1.29, 1.82) is 0 Å². The molecule has 4 heteroatoms. The van der Waals surface area contributed by atoms with Gasteiger partial charge in [0.15, 0.2) is 0 Å². The number of benzene rings is 1. The number of aryl methyl sites for hydroxylation is 1. The Bertz CT molecular complexity index is 455. The minimum Gasteiger partial charge on any atom is -0.496 e. The third-order valence-electron chi connectivity index (χ3n) is 3.28. The van der Waals surface area contributed by atoms with Gasteiger partial charge < -0.3 is 14.8 Å². The second-order valence-electron chi connectivity index (χ2n) is 4.85.